The lowest BCUT2D eigenvalue weighted by atomic mass is 10.2. The van der Waals surface area contributed by atoms with Gasteiger partial charge in [0.1, 0.15) is 10.8 Å². The lowest BCUT2D eigenvalue weighted by Crippen LogP contribution is -2.31. The zero-order valence-corrected chi connectivity index (χ0v) is 15.3. The molecule has 0 saturated carbocycles. The SMILES string of the molecule is O=C(CSc1nncc2ccccc12)N(Cc1ccco1)c1ccccc1. The molecule has 0 unspecified atom stereocenters. The Labute approximate surface area is 161 Å². The Morgan fingerprint density at radius 3 is 2.63 bits per heavy atom. The molecule has 134 valence electrons. The number of para-hydroxylation sites is 1. The molecule has 0 atom stereocenters. The van der Waals surface area contributed by atoms with Gasteiger partial charge in [-0.3, -0.25) is 4.79 Å². The number of thioether (sulfide) groups is 1. The summed E-state index contributed by atoms with van der Waals surface area (Å²) in [6.07, 6.45) is 3.35. The van der Waals surface area contributed by atoms with Crippen LogP contribution in [0.2, 0.25) is 0 Å². The van der Waals surface area contributed by atoms with Crippen LogP contribution in [-0.4, -0.2) is 21.9 Å². The van der Waals surface area contributed by atoms with Crippen LogP contribution in [0.25, 0.3) is 10.8 Å². The van der Waals surface area contributed by atoms with Crippen molar-refractivity contribution >= 4 is 34.1 Å². The van der Waals surface area contributed by atoms with Crippen molar-refractivity contribution in [2.24, 2.45) is 0 Å². The second kappa shape index (κ2) is 8.05. The number of hydrogen-bond acceptors (Lipinski definition) is 5. The highest BCUT2D eigenvalue weighted by molar-refractivity contribution is 8.00. The van der Waals surface area contributed by atoms with E-state index in [0.717, 1.165) is 27.2 Å². The first kappa shape index (κ1) is 17.3. The fourth-order valence-corrected chi connectivity index (χ4v) is 3.67. The summed E-state index contributed by atoms with van der Waals surface area (Å²) in [5.74, 6) is 0.984. The Hall–Kier alpha value is -3.12. The molecule has 4 rings (SSSR count). The number of carbonyl (C=O) groups excluding carboxylic acids is 1. The van der Waals surface area contributed by atoms with E-state index in [1.165, 1.54) is 11.8 Å². The lowest BCUT2D eigenvalue weighted by Gasteiger charge is -2.21. The van der Waals surface area contributed by atoms with Crippen molar-refractivity contribution in [2.75, 3.05) is 10.7 Å². The minimum absolute atomic E-state index is 0.0164. The molecule has 2 aromatic heterocycles. The zero-order chi connectivity index (χ0) is 18.5. The summed E-state index contributed by atoms with van der Waals surface area (Å²) in [4.78, 5) is 14.7. The molecular weight excluding hydrogens is 358 g/mol. The van der Waals surface area contributed by atoms with Gasteiger partial charge in [0.2, 0.25) is 5.91 Å². The molecule has 1 amide bonds. The monoisotopic (exact) mass is 375 g/mol. The van der Waals surface area contributed by atoms with Crippen LogP contribution in [0.3, 0.4) is 0 Å². The molecule has 0 N–H and O–H groups in total. The molecule has 0 aliphatic rings. The molecule has 0 aliphatic heterocycles. The van der Waals surface area contributed by atoms with Gasteiger partial charge in [-0.25, -0.2) is 0 Å². The molecule has 4 aromatic rings. The minimum Gasteiger partial charge on any atom is -0.467 e. The second-order valence-electron chi connectivity index (χ2n) is 5.92. The van der Waals surface area contributed by atoms with Gasteiger partial charge in [-0.15, -0.1) is 5.10 Å². The Morgan fingerprint density at radius 2 is 1.81 bits per heavy atom. The van der Waals surface area contributed by atoms with E-state index in [4.69, 9.17) is 4.42 Å². The van der Waals surface area contributed by atoms with Gasteiger partial charge in [0.05, 0.1) is 24.8 Å². The van der Waals surface area contributed by atoms with E-state index in [-0.39, 0.29) is 11.7 Å². The summed E-state index contributed by atoms with van der Waals surface area (Å²) in [6.45, 7) is 0.387. The first-order chi connectivity index (χ1) is 13.3. The molecule has 0 fully saturated rings. The molecule has 2 aromatic carbocycles. The number of rotatable bonds is 6. The van der Waals surface area contributed by atoms with Crippen LogP contribution in [0.15, 0.2) is 88.6 Å². The van der Waals surface area contributed by atoms with Gasteiger partial charge in [0.25, 0.3) is 0 Å². The zero-order valence-electron chi connectivity index (χ0n) is 14.5. The Bertz CT molecular complexity index is 1030. The molecule has 6 heteroatoms. The molecule has 27 heavy (non-hydrogen) atoms. The van der Waals surface area contributed by atoms with Gasteiger partial charge in [-0.05, 0) is 24.3 Å². The molecular formula is C21H17N3O2S. The van der Waals surface area contributed by atoms with Crippen molar-refractivity contribution in [3.8, 4) is 0 Å². The first-order valence-electron chi connectivity index (χ1n) is 8.52. The van der Waals surface area contributed by atoms with Gasteiger partial charge < -0.3 is 9.32 Å². The number of anilines is 1. The molecule has 2 heterocycles. The Kier molecular flexibility index (Phi) is 5.16. The number of nitrogens with zero attached hydrogens (tertiary/aromatic N) is 3. The van der Waals surface area contributed by atoms with E-state index in [1.807, 2.05) is 66.7 Å². The van der Waals surface area contributed by atoms with Gasteiger partial charge in [0, 0.05) is 16.5 Å². The van der Waals surface area contributed by atoms with Crippen LogP contribution in [0.1, 0.15) is 5.76 Å². The predicted octanol–water partition coefficient (Wildman–Crippen LogP) is 4.55. The third kappa shape index (κ3) is 4.01. The highest BCUT2D eigenvalue weighted by Gasteiger charge is 2.18. The highest BCUT2D eigenvalue weighted by atomic mass is 32.2. The van der Waals surface area contributed by atoms with Crippen molar-refractivity contribution in [2.45, 2.75) is 11.6 Å². The topological polar surface area (TPSA) is 59.2 Å². The van der Waals surface area contributed by atoms with Gasteiger partial charge in [0.15, 0.2) is 0 Å². The smallest absolute Gasteiger partial charge is 0.237 e. The van der Waals surface area contributed by atoms with Crippen molar-refractivity contribution < 1.29 is 9.21 Å². The number of furan rings is 1. The Morgan fingerprint density at radius 1 is 1.00 bits per heavy atom. The number of aromatic nitrogens is 2. The highest BCUT2D eigenvalue weighted by Crippen LogP contribution is 2.26. The van der Waals surface area contributed by atoms with Crippen LogP contribution >= 0.6 is 11.8 Å². The predicted molar refractivity (Wildman–Crippen MR) is 107 cm³/mol. The maximum Gasteiger partial charge on any atom is 0.237 e. The first-order valence-corrected chi connectivity index (χ1v) is 9.51. The molecule has 0 saturated heterocycles. The molecule has 0 spiro atoms. The molecule has 5 nitrogen and oxygen atoms in total. The maximum atomic E-state index is 13.0. The van der Waals surface area contributed by atoms with Gasteiger partial charge >= 0.3 is 0 Å². The lowest BCUT2D eigenvalue weighted by molar-refractivity contribution is -0.116. The summed E-state index contributed by atoms with van der Waals surface area (Å²) >= 11 is 1.40. The van der Waals surface area contributed by atoms with Crippen molar-refractivity contribution in [1.29, 1.82) is 0 Å². The van der Waals surface area contributed by atoms with E-state index in [9.17, 15) is 4.79 Å². The molecule has 0 radical (unpaired) electrons. The number of fused-ring (bicyclic) bond motifs is 1. The molecule has 0 bridgehead atoms. The van der Waals surface area contributed by atoms with Gasteiger partial charge in [-0.2, -0.15) is 5.10 Å². The Balaban J connectivity index is 1.54. The van der Waals surface area contributed by atoms with E-state index >= 15 is 0 Å². The van der Waals surface area contributed by atoms with Crippen LogP contribution in [0.5, 0.6) is 0 Å². The summed E-state index contributed by atoms with van der Waals surface area (Å²) < 4.78 is 5.43. The normalized spacial score (nSPS) is 10.8. The van der Waals surface area contributed by atoms with Crippen molar-refractivity contribution in [1.82, 2.24) is 10.2 Å². The maximum absolute atomic E-state index is 13.0. The number of amides is 1. The van der Waals surface area contributed by atoms with Crippen LogP contribution < -0.4 is 4.90 Å². The van der Waals surface area contributed by atoms with E-state index in [0.29, 0.717) is 6.54 Å². The average molecular weight is 375 g/mol. The minimum atomic E-state index is -0.0164. The van der Waals surface area contributed by atoms with Crippen LogP contribution in [0, 0.1) is 0 Å². The summed E-state index contributed by atoms with van der Waals surface area (Å²) in [7, 11) is 0. The van der Waals surface area contributed by atoms with Crippen LogP contribution in [-0.2, 0) is 11.3 Å². The number of hydrogen-bond donors (Lipinski definition) is 0. The number of carbonyl (C=O) groups is 1. The van der Waals surface area contributed by atoms with E-state index in [1.54, 1.807) is 17.4 Å². The van der Waals surface area contributed by atoms with Crippen molar-refractivity contribution in [3.05, 3.63) is 85.0 Å². The summed E-state index contributed by atoms with van der Waals surface area (Å²) in [6, 6.07) is 21.2. The van der Waals surface area contributed by atoms with Gasteiger partial charge in [-0.1, -0.05) is 54.2 Å². The van der Waals surface area contributed by atoms with Crippen molar-refractivity contribution in [3.63, 3.8) is 0 Å². The third-order valence-corrected chi connectivity index (χ3v) is 5.10. The van der Waals surface area contributed by atoms with Crippen LogP contribution in [0.4, 0.5) is 5.69 Å². The second-order valence-corrected chi connectivity index (χ2v) is 6.88. The third-order valence-electron chi connectivity index (χ3n) is 4.13. The fraction of sp³-hybridized carbons (Fsp3) is 0.0952. The summed E-state index contributed by atoms with van der Waals surface area (Å²) in [5.41, 5.74) is 0.837. The number of benzene rings is 2. The average Bonchev–Trinajstić information content (AvgIpc) is 3.24. The largest absolute Gasteiger partial charge is 0.467 e. The quantitative estimate of drug-likeness (QED) is 0.463. The summed E-state index contributed by atoms with van der Waals surface area (Å²) in [5, 5.41) is 11.0. The standard InChI is InChI=1S/C21H17N3O2S/c25-20(15-27-21-19-11-5-4-7-16(19)13-22-23-21)24(14-18-10-6-12-26-18)17-8-2-1-3-9-17/h1-13H,14-15H2. The van der Waals surface area contributed by atoms with E-state index < -0.39 is 0 Å². The van der Waals surface area contributed by atoms with E-state index in [2.05, 4.69) is 10.2 Å². The molecule has 0 aliphatic carbocycles. The fourth-order valence-electron chi connectivity index (χ4n) is 2.81.